The summed E-state index contributed by atoms with van der Waals surface area (Å²) in [6, 6.07) is 65.0. The third-order valence-electron chi connectivity index (χ3n) is 11.2. The number of hydrogen-bond acceptors (Lipinski definition) is 5. The van der Waals surface area contributed by atoms with Gasteiger partial charge in [0.1, 0.15) is 17.0 Å². The van der Waals surface area contributed by atoms with Crippen LogP contribution >= 0.6 is 0 Å². The van der Waals surface area contributed by atoms with Crippen molar-refractivity contribution in [3.8, 4) is 51.2 Å². The molecule has 6 heteroatoms. The minimum absolute atomic E-state index is 0.570. The Hall–Kier alpha value is -7.96. The van der Waals surface area contributed by atoms with Gasteiger partial charge in [-0.2, -0.15) is 0 Å². The van der Waals surface area contributed by atoms with E-state index in [4.69, 9.17) is 24.4 Å². The molecule has 9 aromatic carbocycles. The Balaban J connectivity index is 1.11. The number of hydrogen-bond donors (Lipinski definition) is 0. The normalized spacial score (nSPS) is 11.8. The summed E-state index contributed by atoms with van der Waals surface area (Å²) in [5.41, 5.74) is 8.19. The summed E-state index contributed by atoms with van der Waals surface area (Å²) in [5.74, 6) is 2.60. The number of aromatic nitrogens is 5. The van der Waals surface area contributed by atoms with Crippen molar-refractivity contribution in [2.24, 2.45) is 0 Å². The topological polar surface area (TPSA) is 69.6 Å². The van der Waals surface area contributed by atoms with Crippen LogP contribution in [0.15, 0.2) is 192 Å². The molecule has 0 aliphatic heterocycles. The van der Waals surface area contributed by atoms with E-state index in [9.17, 15) is 0 Å². The van der Waals surface area contributed by atoms with Crippen molar-refractivity contribution in [3.05, 3.63) is 188 Å². The van der Waals surface area contributed by atoms with Crippen molar-refractivity contribution >= 4 is 65.3 Å². The fraction of sp³-hybridized carbons (Fsp3) is 0. The largest absolute Gasteiger partial charge is 0.456 e. The van der Waals surface area contributed by atoms with E-state index in [-0.39, 0.29) is 0 Å². The molecule has 3 heterocycles. The predicted molar refractivity (Wildman–Crippen MR) is 236 cm³/mol. The molecule has 12 rings (SSSR count). The molecule has 12 aromatic rings. The van der Waals surface area contributed by atoms with Gasteiger partial charge in [0, 0.05) is 38.7 Å². The van der Waals surface area contributed by atoms with Crippen LogP contribution in [0.2, 0.25) is 0 Å². The molecule has 270 valence electrons. The molecule has 6 nitrogen and oxygen atoms in total. The Kier molecular flexibility index (Phi) is 7.13. The second-order valence-electron chi connectivity index (χ2n) is 14.6. The maximum absolute atomic E-state index is 6.33. The summed E-state index contributed by atoms with van der Waals surface area (Å²) >= 11 is 0. The molecule has 0 spiro atoms. The molecule has 0 saturated carbocycles. The van der Waals surface area contributed by atoms with Crippen molar-refractivity contribution in [2.75, 3.05) is 0 Å². The van der Waals surface area contributed by atoms with Gasteiger partial charge in [0.15, 0.2) is 17.5 Å². The molecule has 58 heavy (non-hydrogen) atoms. The highest BCUT2D eigenvalue weighted by Gasteiger charge is 2.20. The van der Waals surface area contributed by atoms with Crippen LogP contribution in [0.1, 0.15) is 0 Å². The van der Waals surface area contributed by atoms with Crippen molar-refractivity contribution in [1.82, 2.24) is 24.5 Å². The van der Waals surface area contributed by atoms with Gasteiger partial charge in [-0.15, -0.1) is 0 Å². The maximum Gasteiger partial charge on any atom is 0.164 e. The maximum atomic E-state index is 6.33. The van der Waals surface area contributed by atoms with Crippen LogP contribution in [0, 0.1) is 0 Å². The summed E-state index contributed by atoms with van der Waals surface area (Å²) in [4.78, 5) is 20.9. The Bertz CT molecular complexity index is 3550. The fourth-order valence-corrected chi connectivity index (χ4v) is 8.61. The van der Waals surface area contributed by atoms with Gasteiger partial charge in [0.2, 0.25) is 0 Å². The summed E-state index contributed by atoms with van der Waals surface area (Å²) < 4.78 is 8.55. The van der Waals surface area contributed by atoms with Gasteiger partial charge in [-0.3, -0.25) is 4.57 Å². The minimum Gasteiger partial charge on any atom is -0.456 e. The summed E-state index contributed by atoms with van der Waals surface area (Å²) in [6.07, 6.45) is 0. The van der Waals surface area contributed by atoms with Gasteiger partial charge >= 0.3 is 0 Å². The number of furan rings is 1. The van der Waals surface area contributed by atoms with Crippen LogP contribution in [0.3, 0.4) is 0 Å². The SMILES string of the molecule is c1ccc(-c2nc3ccccc3n2-c2cccc(-c3nc(-c4ccc5c6ccccc6c6ccccc6c5c4)nc(-c4cccc5oc6ccccc6c45)n3)c2)cc1. The summed E-state index contributed by atoms with van der Waals surface area (Å²) in [6.45, 7) is 0. The molecule has 0 bridgehead atoms. The first-order valence-electron chi connectivity index (χ1n) is 19.4. The highest BCUT2D eigenvalue weighted by atomic mass is 16.3. The predicted octanol–water partition coefficient (Wildman–Crippen LogP) is 13.2. The third-order valence-corrected chi connectivity index (χ3v) is 11.2. The van der Waals surface area contributed by atoms with Gasteiger partial charge in [-0.05, 0) is 74.8 Å². The molecular weight excluding hydrogens is 711 g/mol. The van der Waals surface area contributed by atoms with Gasteiger partial charge in [0.05, 0.1) is 11.0 Å². The second kappa shape index (κ2) is 12.8. The van der Waals surface area contributed by atoms with Gasteiger partial charge in [0.25, 0.3) is 0 Å². The average molecular weight is 742 g/mol. The molecule has 0 atom stereocenters. The zero-order valence-electron chi connectivity index (χ0n) is 31.0. The van der Waals surface area contributed by atoms with E-state index in [1.54, 1.807) is 0 Å². The monoisotopic (exact) mass is 741 g/mol. The number of benzene rings is 9. The first-order chi connectivity index (χ1) is 28.7. The van der Waals surface area contributed by atoms with E-state index in [0.29, 0.717) is 17.5 Å². The molecule has 0 N–H and O–H groups in total. The standard InChI is InChI=1S/C52H31N5O/c1-2-14-32(15-3-1)52-53-44-24-9-10-25-45(44)57(52)35-17-12-16-33(30-35)49-54-50(56-51(55-49)42-23-13-27-47-48(42)41-22-8-11-26-46(41)58-47)34-28-29-40-38-20-5-4-18-36(38)37-19-6-7-21-39(37)43(40)31-34/h1-31H. The van der Waals surface area contributed by atoms with Crippen LogP contribution in [0.5, 0.6) is 0 Å². The quantitative estimate of drug-likeness (QED) is 0.164. The minimum atomic E-state index is 0.570. The lowest BCUT2D eigenvalue weighted by molar-refractivity contribution is 0.669. The Labute approximate surface area is 332 Å². The smallest absolute Gasteiger partial charge is 0.164 e. The zero-order chi connectivity index (χ0) is 38.2. The third kappa shape index (κ3) is 5.05. The number of para-hydroxylation sites is 3. The Morgan fingerprint density at radius 1 is 0.362 bits per heavy atom. The van der Waals surface area contributed by atoms with Crippen LogP contribution in [0.25, 0.3) is 117 Å². The van der Waals surface area contributed by atoms with Crippen molar-refractivity contribution in [1.29, 1.82) is 0 Å². The van der Waals surface area contributed by atoms with E-state index in [1.807, 2.05) is 54.6 Å². The number of fused-ring (bicyclic) bond motifs is 10. The number of rotatable bonds is 5. The van der Waals surface area contributed by atoms with E-state index < -0.39 is 0 Å². The molecule has 0 amide bonds. The van der Waals surface area contributed by atoms with E-state index in [0.717, 1.165) is 72.1 Å². The summed E-state index contributed by atoms with van der Waals surface area (Å²) in [5, 5.41) is 9.21. The highest BCUT2D eigenvalue weighted by Crippen LogP contribution is 2.39. The number of imidazole rings is 1. The molecule has 0 saturated heterocycles. The van der Waals surface area contributed by atoms with Crippen molar-refractivity contribution in [2.45, 2.75) is 0 Å². The molecule has 0 fully saturated rings. The van der Waals surface area contributed by atoms with Gasteiger partial charge in [-0.1, -0.05) is 146 Å². The van der Waals surface area contributed by atoms with Crippen LogP contribution in [-0.2, 0) is 0 Å². The first-order valence-corrected chi connectivity index (χ1v) is 19.4. The van der Waals surface area contributed by atoms with Gasteiger partial charge < -0.3 is 4.42 Å². The van der Waals surface area contributed by atoms with Crippen LogP contribution < -0.4 is 0 Å². The molecule has 0 radical (unpaired) electrons. The Morgan fingerprint density at radius 3 is 1.71 bits per heavy atom. The molecule has 0 aliphatic carbocycles. The second-order valence-corrected chi connectivity index (χ2v) is 14.6. The van der Waals surface area contributed by atoms with E-state index in [1.165, 1.54) is 26.9 Å². The lowest BCUT2D eigenvalue weighted by Crippen LogP contribution is -2.02. The lowest BCUT2D eigenvalue weighted by Gasteiger charge is -2.14. The molecular formula is C52H31N5O. The van der Waals surface area contributed by atoms with E-state index >= 15 is 0 Å². The van der Waals surface area contributed by atoms with Crippen molar-refractivity contribution in [3.63, 3.8) is 0 Å². The van der Waals surface area contributed by atoms with Crippen molar-refractivity contribution < 1.29 is 4.42 Å². The average Bonchev–Trinajstić information content (AvgIpc) is 3.88. The van der Waals surface area contributed by atoms with Crippen LogP contribution in [-0.4, -0.2) is 24.5 Å². The highest BCUT2D eigenvalue weighted by molar-refractivity contribution is 6.25. The Morgan fingerprint density at radius 2 is 0.931 bits per heavy atom. The lowest BCUT2D eigenvalue weighted by atomic mass is 9.93. The first kappa shape index (κ1) is 32.3. The number of nitrogens with zero attached hydrogens (tertiary/aromatic N) is 5. The molecule has 0 unspecified atom stereocenters. The molecule has 0 aliphatic rings. The zero-order valence-corrected chi connectivity index (χ0v) is 31.0. The van der Waals surface area contributed by atoms with E-state index in [2.05, 4.69) is 138 Å². The van der Waals surface area contributed by atoms with Gasteiger partial charge in [-0.25, -0.2) is 19.9 Å². The fourth-order valence-electron chi connectivity index (χ4n) is 8.61. The summed E-state index contributed by atoms with van der Waals surface area (Å²) in [7, 11) is 0. The van der Waals surface area contributed by atoms with Crippen LogP contribution in [0.4, 0.5) is 0 Å². The molecule has 3 aromatic heterocycles.